The van der Waals surface area contributed by atoms with E-state index < -0.39 is 0 Å². The molecule has 0 saturated carbocycles. The molecule has 1 aromatic carbocycles. The first-order chi connectivity index (χ1) is 10.3. The number of para-hydroxylation sites is 1. The van der Waals surface area contributed by atoms with Crippen molar-refractivity contribution in [2.45, 2.75) is 18.9 Å². The Morgan fingerprint density at radius 1 is 1.24 bits per heavy atom. The molecule has 0 aliphatic heterocycles. The van der Waals surface area contributed by atoms with E-state index in [1.807, 2.05) is 30.3 Å². The van der Waals surface area contributed by atoms with Crippen LogP contribution in [0.15, 0.2) is 53.1 Å². The van der Waals surface area contributed by atoms with Gasteiger partial charge in [-0.25, -0.2) is 9.82 Å². The van der Waals surface area contributed by atoms with Gasteiger partial charge in [0.2, 0.25) is 0 Å². The highest BCUT2D eigenvalue weighted by Gasteiger charge is 2.16. The van der Waals surface area contributed by atoms with Crippen LogP contribution < -0.4 is 11.3 Å². The molecule has 0 aliphatic carbocycles. The quantitative estimate of drug-likeness (QED) is 0.558. The molecule has 1 atom stereocenters. The second-order valence-electron chi connectivity index (χ2n) is 4.89. The van der Waals surface area contributed by atoms with E-state index in [2.05, 4.69) is 10.4 Å². The summed E-state index contributed by atoms with van der Waals surface area (Å²) in [5, 5.41) is 0.739. The Hall–Kier alpha value is -2.24. The largest absolute Gasteiger partial charge is 0.456 e. The van der Waals surface area contributed by atoms with Crippen molar-refractivity contribution in [2.75, 3.05) is 0 Å². The number of aromatic nitrogens is 1. The average Bonchev–Trinajstić information content (AvgIpc) is 2.94. The molecule has 0 bridgehead atoms. The number of nitrogens with two attached hydrogens (primary N) is 1. The van der Waals surface area contributed by atoms with Crippen LogP contribution >= 0.6 is 0 Å². The minimum Gasteiger partial charge on any atom is -0.456 e. The number of hydrazine groups is 1. The standard InChI is InChI=1S/C16H16FN3O/c17-13-6-3-4-11-10-15(21-16(11)13)14(20-18)8-7-12-5-1-2-9-19-12/h1-6,9-10,14,20H,7-8,18H2. The summed E-state index contributed by atoms with van der Waals surface area (Å²) in [6.45, 7) is 0. The van der Waals surface area contributed by atoms with Crippen LogP contribution in [0.5, 0.6) is 0 Å². The van der Waals surface area contributed by atoms with Gasteiger partial charge in [0.15, 0.2) is 11.4 Å². The van der Waals surface area contributed by atoms with Gasteiger partial charge in [-0.3, -0.25) is 10.8 Å². The topological polar surface area (TPSA) is 64.1 Å². The zero-order valence-electron chi connectivity index (χ0n) is 11.4. The number of pyridine rings is 1. The summed E-state index contributed by atoms with van der Waals surface area (Å²) < 4.78 is 19.3. The van der Waals surface area contributed by atoms with E-state index in [-0.39, 0.29) is 17.4 Å². The molecule has 0 aliphatic rings. The molecule has 0 amide bonds. The minimum absolute atomic E-state index is 0.182. The van der Waals surface area contributed by atoms with Gasteiger partial charge >= 0.3 is 0 Å². The van der Waals surface area contributed by atoms with E-state index in [0.717, 1.165) is 23.9 Å². The zero-order chi connectivity index (χ0) is 14.7. The van der Waals surface area contributed by atoms with E-state index >= 15 is 0 Å². The molecule has 0 fully saturated rings. The molecule has 2 heterocycles. The number of hydrogen-bond donors (Lipinski definition) is 2. The minimum atomic E-state index is -0.362. The smallest absolute Gasteiger partial charge is 0.169 e. The Bertz CT molecular complexity index is 727. The molecule has 0 saturated heterocycles. The van der Waals surface area contributed by atoms with Gasteiger partial charge in [0.1, 0.15) is 5.76 Å². The van der Waals surface area contributed by atoms with E-state index in [4.69, 9.17) is 10.3 Å². The lowest BCUT2D eigenvalue weighted by Gasteiger charge is -2.12. The molecule has 3 aromatic rings. The normalized spacial score (nSPS) is 12.7. The van der Waals surface area contributed by atoms with E-state index in [1.54, 1.807) is 12.3 Å². The predicted molar refractivity (Wildman–Crippen MR) is 78.8 cm³/mol. The molecule has 108 valence electrons. The number of fused-ring (bicyclic) bond motifs is 1. The van der Waals surface area contributed by atoms with Crippen LogP contribution in [0.4, 0.5) is 4.39 Å². The summed E-state index contributed by atoms with van der Waals surface area (Å²) in [6, 6.07) is 12.3. The van der Waals surface area contributed by atoms with Gasteiger partial charge in [0.25, 0.3) is 0 Å². The van der Waals surface area contributed by atoms with Gasteiger partial charge < -0.3 is 4.42 Å². The van der Waals surface area contributed by atoms with Gasteiger partial charge in [-0.2, -0.15) is 0 Å². The first-order valence-electron chi connectivity index (χ1n) is 6.82. The van der Waals surface area contributed by atoms with Gasteiger partial charge in [-0.15, -0.1) is 0 Å². The summed E-state index contributed by atoms with van der Waals surface area (Å²) in [5.41, 5.74) is 3.98. The van der Waals surface area contributed by atoms with E-state index in [9.17, 15) is 4.39 Å². The number of nitrogens with one attached hydrogen (secondary N) is 1. The molecular formula is C16H16FN3O. The van der Waals surface area contributed by atoms with Crippen LogP contribution in [-0.4, -0.2) is 4.98 Å². The molecule has 21 heavy (non-hydrogen) atoms. The Balaban J connectivity index is 1.80. The highest BCUT2D eigenvalue weighted by Crippen LogP contribution is 2.27. The highest BCUT2D eigenvalue weighted by molar-refractivity contribution is 5.78. The monoisotopic (exact) mass is 285 g/mol. The fourth-order valence-electron chi connectivity index (χ4n) is 2.37. The van der Waals surface area contributed by atoms with E-state index in [1.165, 1.54) is 6.07 Å². The van der Waals surface area contributed by atoms with Crippen LogP contribution in [0.2, 0.25) is 0 Å². The maximum Gasteiger partial charge on any atom is 0.169 e. The fraction of sp³-hybridized carbons (Fsp3) is 0.188. The summed E-state index contributed by atoms with van der Waals surface area (Å²) in [6.07, 6.45) is 3.24. The van der Waals surface area contributed by atoms with Crippen molar-refractivity contribution < 1.29 is 8.81 Å². The van der Waals surface area contributed by atoms with Crippen LogP contribution in [0, 0.1) is 5.82 Å². The van der Waals surface area contributed by atoms with Crippen LogP contribution in [0.3, 0.4) is 0 Å². The second-order valence-corrected chi connectivity index (χ2v) is 4.89. The molecule has 4 nitrogen and oxygen atoms in total. The lowest BCUT2D eigenvalue weighted by atomic mass is 10.1. The first-order valence-corrected chi connectivity index (χ1v) is 6.82. The summed E-state index contributed by atoms with van der Waals surface area (Å²) in [7, 11) is 0. The number of halogens is 1. The van der Waals surface area contributed by atoms with Crippen molar-refractivity contribution in [3.8, 4) is 0 Å². The Labute approximate surface area is 121 Å². The Kier molecular flexibility index (Phi) is 3.94. The summed E-state index contributed by atoms with van der Waals surface area (Å²) in [4.78, 5) is 4.28. The van der Waals surface area contributed by atoms with Crippen LogP contribution in [-0.2, 0) is 6.42 Å². The third-order valence-electron chi connectivity index (χ3n) is 3.48. The zero-order valence-corrected chi connectivity index (χ0v) is 11.4. The van der Waals surface area contributed by atoms with Crippen molar-refractivity contribution in [2.24, 2.45) is 5.84 Å². The molecule has 5 heteroatoms. The number of aryl methyl sites for hydroxylation is 1. The predicted octanol–water partition coefficient (Wildman–Crippen LogP) is 3.10. The van der Waals surface area contributed by atoms with Gasteiger partial charge in [-0.05, 0) is 37.1 Å². The second kappa shape index (κ2) is 6.03. The molecule has 3 rings (SSSR count). The maximum absolute atomic E-state index is 13.7. The number of benzene rings is 1. The molecule has 0 radical (unpaired) electrons. The van der Waals surface area contributed by atoms with Crippen molar-refractivity contribution in [3.63, 3.8) is 0 Å². The third kappa shape index (κ3) is 2.94. The molecule has 2 aromatic heterocycles. The number of furan rings is 1. The van der Waals surface area contributed by atoms with Gasteiger partial charge in [-0.1, -0.05) is 18.2 Å². The van der Waals surface area contributed by atoms with Crippen molar-refractivity contribution in [1.82, 2.24) is 10.4 Å². The summed E-state index contributed by atoms with van der Waals surface area (Å²) in [5.74, 6) is 5.88. The molecular weight excluding hydrogens is 269 g/mol. The molecule has 0 spiro atoms. The molecule has 1 unspecified atom stereocenters. The summed E-state index contributed by atoms with van der Waals surface area (Å²) >= 11 is 0. The SMILES string of the molecule is NNC(CCc1ccccn1)c1cc2cccc(F)c2o1. The lowest BCUT2D eigenvalue weighted by Crippen LogP contribution is -2.28. The van der Waals surface area contributed by atoms with Gasteiger partial charge in [0.05, 0.1) is 6.04 Å². The number of nitrogens with zero attached hydrogens (tertiary/aromatic N) is 1. The number of rotatable bonds is 5. The average molecular weight is 285 g/mol. The van der Waals surface area contributed by atoms with Gasteiger partial charge in [0, 0.05) is 17.3 Å². The molecule has 3 N–H and O–H groups in total. The fourth-order valence-corrected chi connectivity index (χ4v) is 2.37. The lowest BCUT2D eigenvalue weighted by molar-refractivity contribution is 0.410. The van der Waals surface area contributed by atoms with Crippen molar-refractivity contribution in [3.05, 3.63) is 65.9 Å². The Morgan fingerprint density at radius 3 is 2.86 bits per heavy atom. The van der Waals surface area contributed by atoms with Crippen molar-refractivity contribution >= 4 is 11.0 Å². The van der Waals surface area contributed by atoms with Crippen LogP contribution in [0.1, 0.15) is 23.9 Å². The maximum atomic E-state index is 13.7. The third-order valence-corrected chi connectivity index (χ3v) is 3.48. The number of hydrogen-bond acceptors (Lipinski definition) is 4. The Morgan fingerprint density at radius 2 is 2.14 bits per heavy atom. The van der Waals surface area contributed by atoms with E-state index in [0.29, 0.717) is 5.76 Å². The van der Waals surface area contributed by atoms with Crippen LogP contribution in [0.25, 0.3) is 11.0 Å². The first kappa shape index (κ1) is 13.7. The van der Waals surface area contributed by atoms with Crippen molar-refractivity contribution in [1.29, 1.82) is 0 Å². The highest BCUT2D eigenvalue weighted by atomic mass is 19.1.